The standard InChI is InChI=1S/C30H29N3O2/c34-28-20-32(18-17-22-11-5-2-6-12-22)30(35)27-19-24-23-13-7-8-14-25(23)31-29(24)26(33(27)28)16-15-21-9-3-1-4-10-21/h1-14,26-27,31H,15-20H2/t26-,27-/m0/s1. The molecule has 0 spiro atoms. The van der Waals surface area contributed by atoms with Crippen molar-refractivity contribution < 1.29 is 9.59 Å². The minimum atomic E-state index is -0.445. The zero-order valence-electron chi connectivity index (χ0n) is 19.7. The molecular weight excluding hydrogens is 434 g/mol. The van der Waals surface area contributed by atoms with E-state index in [4.69, 9.17) is 0 Å². The van der Waals surface area contributed by atoms with Gasteiger partial charge in [-0.3, -0.25) is 9.59 Å². The Morgan fingerprint density at radius 3 is 2.20 bits per heavy atom. The molecule has 2 atom stereocenters. The van der Waals surface area contributed by atoms with Crippen LogP contribution in [0.2, 0.25) is 0 Å². The second kappa shape index (κ2) is 9.06. The van der Waals surface area contributed by atoms with Gasteiger partial charge >= 0.3 is 0 Å². The summed E-state index contributed by atoms with van der Waals surface area (Å²) in [6, 6.07) is 28.2. The summed E-state index contributed by atoms with van der Waals surface area (Å²) in [6.45, 7) is 0.716. The lowest BCUT2D eigenvalue weighted by Gasteiger charge is -2.47. The van der Waals surface area contributed by atoms with Crippen molar-refractivity contribution in [2.24, 2.45) is 0 Å². The third-order valence-electron chi connectivity index (χ3n) is 7.52. The number of rotatable bonds is 6. The Kier molecular flexibility index (Phi) is 5.61. The Morgan fingerprint density at radius 1 is 0.800 bits per heavy atom. The van der Waals surface area contributed by atoms with E-state index in [9.17, 15) is 9.59 Å². The molecule has 0 bridgehead atoms. The lowest BCUT2D eigenvalue weighted by molar-refractivity contribution is -0.159. The Morgan fingerprint density at radius 2 is 1.46 bits per heavy atom. The van der Waals surface area contributed by atoms with E-state index in [1.54, 1.807) is 4.90 Å². The van der Waals surface area contributed by atoms with E-state index >= 15 is 0 Å². The Hall–Kier alpha value is -3.86. The fourth-order valence-corrected chi connectivity index (χ4v) is 5.79. The smallest absolute Gasteiger partial charge is 0.246 e. The number of hydrogen-bond acceptors (Lipinski definition) is 2. The van der Waals surface area contributed by atoms with Gasteiger partial charge in [0.1, 0.15) is 6.04 Å². The summed E-state index contributed by atoms with van der Waals surface area (Å²) >= 11 is 0. The Balaban J connectivity index is 1.32. The molecular formula is C30H29N3O2. The number of nitrogens with zero attached hydrogens (tertiary/aromatic N) is 2. The van der Waals surface area contributed by atoms with Crippen molar-refractivity contribution in [3.8, 4) is 0 Å². The van der Waals surface area contributed by atoms with Crippen LogP contribution < -0.4 is 0 Å². The van der Waals surface area contributed by atoms with Gasteiger partial charge in [0.15, 0.2) is 0 Å². The van der Waals surface area contributed by atoms with E-state index in [0.29, 0.717) is 13.0 Å². The summed E-state index contributed by atoms with van der Waals surface area (Å²) in [6.07, 6.45) is 2.95. The highest BCUT2D eigenvalue weighted by Gasteiger charge is 2.47. The summed E-state index contributed by atoms with van der Waals surface area (Å²) in [5, 5.41) is 1.16. The van der Waals surface area contributed by atoms with Crippen molar-refractivity contribution in [1.29, 1.82) is 0 Å². The molecule has 5 heteroatoms. The number of fused-ring (bicyclic) bond motifs is 4. The Bertz CT molecular complexity index is 1360. The number of H-pyrrole nitrogens is 1. The van der Waals surface area contributed by atoms with Crippen LogP contribution in [0.25, 0.3) is 10.9 Å². The number of carbonyl (C=O) groups excluding carboxylic acids is 2. The highest BCUT2D eigenvalue weighted by molar-refractivity contribution is 5.97. The average molecular weight is 464 g/mol. The second-order valence-corrected chi connectivity index (χ2v) is 9.62. The molecule has 6 rings (SSSR count). The van der Waals surface area contributed by atoms with Crippen molar-refractivity contribution in [1.82, 2.24) is 14.8 Å². The molecule has 0 aliphatic carbocycles. The van der Waals surface area contributed by atoms with Gasteiger partial charge in [-0.05, 0) is 42.0 Å². The van der Waals surface area contributed by atoms with Crippen LogP contribution in [0.1, 0.15) is 34.8 Å². The maximum absolute atomic E-state index is 13.7. The summed E-state index contributed by atoms with van der Waals surface area (Å²) in [4.78, 5) is 34.6. The van der Waals surface area contributed by atoms with Crippen LogP contribution in [0.3, 0.4) is 0 Å². The number of amides is 2. The Labute approximate surface area is 205 Å². The number of nitrogens with one attached hydrogen (secondary N) is 1. The summed E-state index contributed by atoms with van der Waals surface area (Å²) in [5.74, 6) is 0.117. The molecule has 2 aliphatic heterocycles. The molecule has 1 aromatic heterocycles. The zero-order chi connectivity index (χ0) is 23.8. The van der Waals surface area contributed by atoms with E-state index in [0.717, 1.165) is 35.9 Å². The van der Waals surface area contributed by atoms with Gasteiger partial charge in [0.05, 0.1) is 12.6 Å². The third-order valence-corrected chi connectivity index (χ3v) is 7.52. The topological polar surface area (TPSA) is 56.4 Å². The average Bonchev–Trinajstić information content (AvgIpc) is 3.28. The lowest BCUT2D eigenvalue weighted by Crippen LogP contribution is -2.63. The summed E-state index contributed by atoms with van der Waals surface area (Å²) < 4.78 is 0. The highest BCUT2D eigenvalue weighted by atomic mass is 16.2. The van der Waals surface area contributed by atoms with Crippen LogP contribution in [0.15, 0.2) is 84.9 Å². The zero-order valence-corrected chi connectivity index (χ0v) is 19.7. The first kappa shape index (κ1) is 21.7. The highest BCUT2D eigenvalue weighted by Crippen LogP contribution is 2.41. The van der Waals surface area contributed by atoms with E-state index in [2.05, 4.69) is 41.4 Å². The van der Waals surface area contributed by atoms with Crippen molar-refractivity contribution >= 4 is 22.7 Å². The largest absolute Gasteiger partial charge is 0.356 e. The first-order valence-corrected chi connectivity index (χ1v) is 12.5. The molecule has 1 saturated heterocycles. The van der Waals surface area contributed by atoms with Crippen molar-refractivity contribution in [3.63, 3.8) is 0 Å². The van der Waals surface area contributed by atoms with E-state index < -0.39 is 6.04 Å². The number of benzene rings is 3. The van der Waals surface area contributed by atoms with Crippen LogP contribution in [-0.4, -0.2) is 45.7 Å². The minimum absolute atomic E-state index is 0.0463. The van der Waals surface area contributed by atoms with Crippen LogP contribution in [0.4, 0.5) is 0 Å². The lowest BCUT2D eigenvalue weighted by atomic mass is 9.86. The van der Waals surface area contributed by atoms with Gasteiger partial charge in [-0.15, -0.1) is 0 Å². The number of hydrogen-bond donors (Lipinski definition) is 1. The normalized spacial score (nSPS) is 19.7. The summed E-state index contributed by atoms with van der Waals surface area (Å²) in [7, 11) is 0. The molecule has 1 fully saturated rings. The fraction of sp³-hybridized carbons (Fsp3) is 0.267. The molecule has 0 radical (unpaired) electrons. The molecule has 0 saturated carbocycles. The quantitative estimate of drug-likeness (QED) is 0.451. The van der Waals surface area contributed by atoms with Gasteiger partial charge in [0, 0.05) is 29.6 Å². The van der Waals surface area contributed by atoms with Gasteiger partial charge in [0.25, 0.3) is 0 Å². The number of aromatic amines is 1. The van der Waals surface area contributed by atoms with E-state index in [-0.39, 0.29) is 24.4 Å². The van der Waals surface area contributed by atoms with Gasteiger partial charge in [-0.25, -0.2) is 0 Å². The van der Waals surface area contributed by atoms with Crippen LogP contribution in [-0.2, 0) is 28.9 Å². The number of aromatic nitrogens is 1. The number of aryl methyl sites for hydroxylation is 1. The number of piperazine rings is 1. The molecule has 3 aromatic carbocycles. The summed E-state index contributed by atoms with van der Waals surface area (Å²) in [5.41, 5.74) is 5.78. The molecule has 35 heavy (non-hydrogen) atoms. The van der Waals surface area contributed by atoms with Gasteiger partial charge in [0.2, 0.25) is 11.8 Å². The maximum Gasteiger partial charge on any atom is 0.246 e. The molecule has 0 unspecified atom stereocenters. The van der Waals surface area contributed by atoms with Crippen LogP contribution in [0.5, 0.6) is 0 Å². The first-order chi connectivity index (χ1) is 17.2. The van der Waals surface area contributed by atoms with Crippen LogP contribution >= 0.6 is 0 Å². The van der Waals surface area contributed by atoms with Crippen molar-refractivity contribution in [3.05, 3.63) is 107 Å². The maximum atomic E-state index is 13.7. The molecule has 1 N–H and O–H groups in total. The van der Waals surface area contributed by atoms with Gasteiger partial charge < -0.3 is 14.8 Å². The van der Waals surface area contributed by atoms with Gasteiger partial charge in [-0.2, -0.15) is 0 Å². The minimum Gasteiger partial charge on any atom is -0.356 e. The van der Waals surface area contributed by atoms with Crippen LogP contribution in [0, 0.1) is 0 Å². The predicted molar refractivity (Wildman–Crippen MR) is 137 cm³/mol. The predicted octanol–water partition coefficient (Wildman–Crippen LogP) is 4.68. The molecule has 5 nitrogen and oxygen atoms in total. The molecule has 4 aromatic rings. The third kappa shape index (κ3) is 4.01. The fourth-order valence-electron chi connectivity index (χ4n) is 5.79. The molecule has 3 heterocycles. The monoisotopic (exact) mass is 463 g/mol. The number of carbonyl (C=O) groups is 2. The van der Waals surface area contributed by atoms with Crippen molar-refractivity contribution in [2.45, 2.75) is 37.8 Å². The van der Waals surface area contributed by atoms with E-state index in [1.807, 2.05) is 53.4 Å². The molecule has 176 valence electrons. The first-order valence-electron chi connectivity index (χ1n) is 12.5. The number of para-hydroxylation sites is 1. The van der Waals surface area contributed by atoms with E-state index in [1.165, 1.54) is 16.7 Å². The van der Waals surface area contributed by atoms with Crippen molar-refractivity contribution in [2.75, 3.05) is 13.1 Å². The molecule has 2 aliphatic rings. The van der Waals surface area contributed by atoms with Gasteiger partial charge in [-0.1, -0.05) is 78.9 Å². The molecule has 2 amide bonds. The SMILES string of the molecule is O=C1[C@@H]2Cc3c([nH]c4ccccc34)[C@H](CCc3ccccc3)N2C(=O)CN1CCc1ccccc1. The second-order valence-electron chi connectivity index (χ2n) is 9.62.